The first kappa shape index (κ1) is 9.16. The Balaban J connectivity index is 2.71. The number of aromatic nitrogens is 1. The van der Waals surface area contributed by atoms with E-state index in [1.54, 1.807) is 12.4 Å². The van der Waals surface area contributed by atoms with Crippen molar-refractivity contribution in [1.29, 1.82) is 0 Å². The first-order chi connectivity index (χ1) is 5.75. The van der Waals surface area contributed by atoms with Gasteiger partial charge in [-0.05, 0) is 30.2 Å². The third-order valence-electron chi connectivity index (χ3n) is 2.08. The molecular formula is C9H15N3. The van der Waals surface area contributed by atoms with Gasteiger partial charge in [-0.2, -0.15) is 0 Å². The van der Waals surface area contributed by atoms with Crippen LogP contribution in [-0.4, -0.2) is 11.5 Å². The van der Waals surface area contributed by atoms with Crippen LogP contribution in [0.3, 0.4) is 0 Å². The largest absolute Gasteiger partial charge is 0.330 e. The fourth-order valence-corrected chi connectivity index (χ4v) is 1.06. The lowest BCUT2D eigenvalue weighted by Crippen LogP contribution is -2.25. The van der Waals surface area contributed by atoms with Crippen molar-refractivity contribution in [3.05, 3.63) is 30.1 Å². The summed E-state index contributed by atoms with van der Waals surface area (Å²) < 4.78 is 0. The quantitative estimate of drug-likeness (QED) is 0.692. The second-order valence-electron chi connectivity index (χ2n) is 3.02. The summed E-state index contributed by atoms with van der Waals surface area (Å²) in [6.07, 6.45) is 3.50. The zero-order valence-corrected chi connectivity index (χ0v) is 7.27. The molecule has 0 aliphatic rings. The Morgan fingerprint density at radius 1 is 1.42 bits per heavy atom. The molecule has 3 heteroatoms. The number of nitrogens with zero attached hydrogens (tertiary/aromatic N) is 1. The molecule has 4 N–H and O–H groups in total. The van der Waals surface area contributed by atoms with E-state index in [9.17, 15) is 0 Å². The molecule has 1 aromatic rings. The number of hydrogen-bond donors (Lipinski definition) is 2. The molecule has 12 heavy (non-hydrogen) atoms. The van der Waals surface area contributed by atoms with Gasteiger partial charge >= 0.3 is 0 Å². The highest BCUT2D eigenvalue weighted by atomic mass is 14.7. The Labute approximate surface area is 72.8 Å². The highest BCUT2D eigenvalue weighted by molar-refractivity contribution is 5.15. The fraction of sp³-hybridized carbons (Fsp3) is 0.444. The summed E-state index contributed by atoms with van der Waals surface area (Å²) >= 11 is 0. The molecule has 66 valence electrons. The maximum atomic E-state index is 5.94. The fourth-order valence-electron chi connectivity index (χ4n) is 1.06. The Hall–Kier alpha value is -0.930. The second kappa shape index (κ2) is 4.18. The Bertz CT molecular complexity index is 222. The van der Waals surface area contributed by atoms with E-state index in [0.717, 1.165) is 5.56 Å². The second-order valence-corrected chi connectivity index (χ2v) is 3.02. The van der Waals surface area contributed by atoms with E-state index in [1.807, 2.05) is 19.1 Å². The van der Waals surface area contributed by atoms with Crippen molar-refractivity contribution in [3.63, 3.8) is 0 Å². The summed E-state index contributed by atoms with van der Waals surface area (Å²) in [6.45, 7) is 2.66. The van der Waals surface area contributed by atoms with Crippen LogP contribution >= 0.6 is 0 Å². The smallest absolute Gasteiger partial charge is 0.0334 e. The average molecular weight is 165 g/mol. The molecule has 0 amide bonds. The van der Waals surface area contributed by atoms with Crippen LogP contribution in [0.4, 0.5) is 0 Å². The van der Waals surface area contributed by atoms with Crippen molar-refractivity contribution in [1.82, 2.24) is 4.98 Å². The van der Waals surface area contributed by atoms with E-state index >= 15 is 0 Å². The minimum absolute atomic E-state index is 0.0259. The maximum Gasteiger partial charge on any atom is 0.0334 e. The molecule has 0 saturated heterocycles. The van der Waals surface area contributed by atoms with Gasteiger partial charge in [0.1, 0.15) is 0 Å². The molecule has 2 unspecified atom stereocenters. The zero-order valence-electron chi connectivity index (χ0n) is 7.27. The number of rotatable bonds is 3. The van der Waals surface area contributed by atoms with Crippen molar-refractivity contribution < 1.29 is 0 Å². The molecule has 2 atom stereocenters. The molecular weight excluding hydrogens is 150 g/mol. The third kappa shape index (κ3) is 2.03. The van der Waals surface area contributed by atoms with Gasteiger partial charge in [-0.3, -0.25) is 4.98 Å². The van der Waals surface area contributed by atoms with Crippen molar-refractivity contribution in [2.75, 3.05) is 6.54 Å². The Morgan fingerprint density at radius 3 is 2.50 bits per heavy atom. The molecule has 0 aromatic carbocycles. The van der Waals surface area contributed by atoms with Gasteiger partial charge in [-0.15, -0.1) is 0 Å². The summed E-state index contributed by atoms with van der Waals surface area (Å²) in [6, 6.07) is 3.88. The molecule has 0 saturated carbocycles. The van der Waals surface area contributed by atoms with Crippen molar-refractivity contribution in [2.45, 2.75) is 13.0 Å². The lowest BCUT2D eigenvalue weighted by Gasteiger charge is -2.17. The first-order valence-corrected chi connectivity index (χ1v) is 4.11. The molecule has 1 aromatic heterocycles. The van der Waals surface area contributed by atoms with Gasteiger partial charge in [0.15, 0.2) is 0 Å². The van der Waals surface area contributed by atoms with Crippen molar-refractivity contribution >= 4 is 0 Å². The van der Waals surface area contributed by atoms with Gasteiger partial charge in [-0.25, -0.2) is 0 Å². The van der Waals surface area contributed by atoms with Crippen LogP contribution in [0, 0.1) is 5.92 Å². The van der Waals surface area contributed by atoms with E-state index < -0.39 is 0 Å². The van der Waals surface area contributed by atoms with Crippen LogP contribution in [0.2, 0.25) is 0 Å². The number of hydrogen-bond acceptors (Lipinski definition) is 3. The van der Waals surface area contributed by atoms with Gasteiger partial charge in [0, 0.05) is 18.4 Å². The minimum atomic E-state index is 0.0259. The summed E-state index contributed by atoms with van der Waals surface area (Å²) in [5, 5.41) is 0. The van der Waals surface area contributed by atoms with Crippen molar-refractivity contribution in [2.24, 2.45) is 17.4 Å². The third-order valence-corrected chi connectivity index (χ3v) is 2.08. The highest BCUT2D eigenvalue weighted by Crippen LogP contribution is 2.16. The predicted molar refractivity (Wildman–Crippen MR) is 49.4 cm³/mol. The molecule has 0 aliphatic heterocycles. The Morgan fingerprint density at radius 2 is 2.00 bits per heavy atom. The van der Waals surface area contributed by atoms with Crippen LogP contribution in [-0.2, 0) is 0 Å². The van der Waals surface area contributed by atoms with Crippen LogP contribution in [0.1, 0.15) is 18.5 Å². The summed E-state index contributed by atoms with van der Waals surface area (Å²) in [4.78, 5) is 3.93. The van der Waals surface area contributed by atoms with E-state index in [4.69, 9.17) is 11.5 Å². The maximum absolute atomic E-state index is 5.94. The lowest BCUT2D eigenvalue weighted by molar-refractivity contribution is 0.481. The van der Waals surface area contributed by atoms with E-state index in [1.165, 1.54) is 0 Å². The van der Waals surface area contributed by atoms with Crippen LogP contribution in [0.25, 0.3) is 0 Å². The predicted octanol–water partition coefficient (Wildman–Crippen LogP) is 0.676. The monoisotopic (exact) mass is 165 g/mol. The zero-order chi connectivity index (χ0) is 8.97. The molecule has 0 bridgehead atoms. The molecule has 0 spiro atoms. The van der Waals surface area contributed by atoms with Gasteiger partial charge in [0.05, 0.1) is 0 Å². The van der Waals surface area contributed by atoms with E-state index in [2.05, 4.69) is 4.98 Å². The SMILES string of the molecule is CC(CN)C(N)c1ccncc1. The standard InChI is InChI=1S/C9H15N3/c1-7(6-10)9(11)8-2-4-12-5-3-8/h2-5,7,9H,6,10-11H2,1H3. The van der Waals surface area contributed by atoms with E-state index in [-0.39, 0.29) is 6.04 Å². The molecule has 1 heterocycles. The normalized spacial score (nSPS) is 15.6. The number of nitrogens with two attached hydrogens (primary N) is 2. The van der Waals surface area contributed by atoms with Gasteiger partial charge < -0.3 is 11.5 Å². The van der Waals surface area contributed by atoms with Crippen LogP contribution in [0.5, 0.6) is 0 Å². The van der Waals surface area contributed by atoms with E-state index in [0.29, 0.717) is 12.5 Å². The summed E-state index contributed by atoms with van der Waals surface area (Å²) in [7, 11) is 0. The lowest BCUT2D eigenvalue weighted by atomic mass is 9.96. The van der Waals surface area contributed by atoms with Gasteiger partial charge in [-0.1, -0.05) is 6.92 Å². The van der Waals surface area contributed by atoms with Gasteiger partial charge in [0.25, 0.3) is 0 Å². The molecule has 3 nitrogen and oxygen atoms in total. The summed E-state index contributed by atoms with van der Waals surface area (Å²) in [5.41, 5.74) is 12.6. The van der Waals surface area contributed by atoms with Crippen LogP contribution < -0.4 is 11.5 Å². The Kier molecular flexibility index (Phi) is 3.19. The summed E-state index contributed by atoms with van der Waals surface area (Å²) in [5.74, 6) is 0.312. The minimum Gasteiger partial charge on any atom is -0.330 e. The topological polar surface area (TPSA) is 64.9 Å². The van der Waals surface area contributed by atoms with Crippen molar-refractivity contribution in [3.8, 4) is 0 Å². The molecule has 0 fully saturated rings. The first-order valence-electron chi connectivity index (χ1n) is 4.11. The highest BCUT2D eigenvalue weighted by Gasteiger charge is 2.12. The average Bonchev–Trinajstić information content (AvgIpc) is 2.17. The van der Waals surface area contributed by atoms with Crippen LogP contribution in [0.15, 0.2) is 24.5 Å². The molecule has 1 rings (SSSR count). The molecule has 0 aliphatic carbocycles. The number of pyridine rings is 1. The van der Waals surface area contributed by atoms with Gasteiger partial charge in [0.2, 0.25) is 0 Å². The molecule has 0 radical (unpaired) electrons.